The highest BCUT2D eigenvalue weighted by molar-refractivity contribution is 5.96. The van der Waals surface area contributed by atoms with Crippen LogP contribution >= 0.6 is 0 Å². The molecule has 1 amide bonds. The van der Waals surface area contributed by atoms with E-state index in [0.29, 0.717) is 22.8 Å². The van der Waals surface area contributed by atoms with Crippen LogP contribution in [-0.4, -0.2) is 30.1 Å². The quantitative estimate of drug-likeness (QED) is 0.788. The summed E-state index contributed by atoms with van der Waals surface area (Å²) in [5.41, 5.74) is 1.07. The van der Waals surface area contributed by atoms with Gasteiger partial charge in [-0.25, -0.2) is 4.79 Å². The zero-order valence-corrected chi connectivity index (χ0v) is 12.1. The molecule has 0 heterocycles. The topological polar surface area (TPSA) is 75.6 Å². The molecule has 5 heteroatoms. The predicted molar refractivity (Wildman–Crippen MR) is 79.3 cm³/mol. The Morgan fingerprint density at radius 3 is 2.81 bits per heavy atom. The van der Waals surface area contributed by atoms with Crippen LogP contribution in [-0.2, 0) is 4.79 Å². The van der Waals surface area contributed by atoms with Crippen molar-refractivity contribution in [2.75, 3.05) is 7.11 Å². The third kappa shape index (κ3) is 3.84. The largest absolute Gasteiger partial charge is 0.496 e. The van der Waals surface area contributed by atoms with E-state index in [9.17, 15) is 9.59 Å². The molecule has 112 valence electrons. The first-order valence-corrected chi connectivity index (χ1v) is 6.95. The molecule has 0 saturated heterocycles. The van der Waals surface area contributed by atoms with E-state index in [0.717, 1.165) is 18.9 Å². The Hall–Kier alpha value is -2.30. The van der Waals surface area contributed by atoms with Crippen LogP contribution in [0.25, 0.3) is 6.08 Å². The third-order valence-corrected chi connectivity index (χ3v) is 3.66. The lowest BCUT2D eigenvalue weighted by Gasteiger charge is -2.08. The summed E-state index contributed by atoms with van der Waals surface area (Å²) in [6.45, 7) is 2.11. The molecule has 5 nitrogen and oxygen atoms in total. The number of aliphatic carboxylic acids is 1. The van der Waals surface area contributed by atoms with Crippen LogP contribution in [0.5, 0.6) is 5.75 Å². The molecule has 2 rings (SSSR count). The predicted octanol–water partition coefficient (Wildman–Crippen LogP) is 2.32. The molecule has 0 radical (unpaired) electrons. The van der Waals surface area contributed by atoms with Crippen molar-refractivity contribution in [3.05, 3.63) is 35.4 Å². The van der Waals surface area contributed by atoms with Crippen molar-refractivity contribution in [1.29, 1.82) is 0 Å². The first-order chi connectivity index (χ1) is 10.0. The van der Waals surface area contributed by atoms with E-state index in [2.05, 4.69) is 12.2 Å². The van der Waals surface area contributed by atoms with Gasteiger partial charge in [-0.1, -0.05) is 13.3 Å². The normalized spacial score (nSPS) is 20.3. The van der Waals surface area contributed by atoms with Gasteiger partial charge < -0.3 is 15.2 Å². The Labute approximate surface area is 123 Å². The van der Waals surface area contributed by atoms with E-state index in [1.54, 1.807) is 18.2 Å². The minimum Gasteiger partial charge on any atom is -0.496 e. The van der Waals surface area contributed by atoms with Crippen LogP contribution < -0.4 is 10.1 Å². The molecule has 2 N–H and O–H groups in total. The van der Waals surface area contributed by atoms with Crippen LogP contribution in [0.4, 0.5) is 0 Å². The molecule has 2 unspecified atom stereocenters. The summed E-state index contributed by atoms with van der Waals surface area (Å²) in [7, 11) is 1.50. The average Bonchev–Trinajstić information content (AvgIpc) is 3.22. The number of methoxy groups -OCH3 is 1. The molecular formula is C16H19NO4. The van der Waals surface area contributed by atoms with E-state index >= 15 is 0 Å². The van der Waals surface area contributed by atoms with Gasteiger partial charge in [0, 0.05) is 23.2 Å². The summed E-state index contributed by atoms with van der Waals surface area (Å²) in [4.78, 5) is 22.8. The molecule has 21 heavy (non-hydrogen) atoms. The van der Waals surface area contributed by atoms with Crippen molar-refractivity contribution in [3.8, 4) is 5.75 Å². The van der Waals surface area contributed by atoms with Gasteiger partial charge in [0.2, 0.25) is 0 Å². The monoisotopic (exact) mass is 289 g/mol. The van der Waals surface area contributed by atoms with E-state index in [1.165, 1.54) is 13.2 Å². The van der Waals surface area contributed by atoms with E-state index in [4.69, 9.17) is 9.84 Å². The van der Waals surface area contributed by atoms with E-state index in [-0.39, 0.29) is 11.9 Å². The van der Waals surface area contributed by atoms with Crippen molar-refractivity contribution >= 4 is 18.0 Å². The second kappa shape index (κ2) is 6.43. The Kier molecular flexibility index (Phi) is 4.62. The zero-order chi connectivity index (χ0) is 15.4. The van der Waals surface area contributed by atoms with Gasteiger partial charge in [0.1, 0.15) is 5.75 Å². The lowest BCUT2D eigenvalue weighted by Crippen LogP contribution is -2.26. The Morgan fingerprint density at radius 2 is 2.24 bits per heavy atom. The highest BCUT2D eigenvalue weighted by atomic mass is 16.5. The van der Waals surface area contributed by atoms with Crippen LogP contribution in [0.1, 0.15) is 35.7 Å². The number of hydrogen-bond donors (Lipinski definition) is 2. The number of amides is 1. The number of carbonyl (C=O) groups excluding carboxylic acids is 1. The van der Waals surface area contributed by atoms with Gasteiger partial charge in [0.05, 0.1) is 7.11 Å². The molecule has 0 spiro atoms. The van der Waals surface area contributed by atoms with Crippen molar-refractivity contribution in [1.82, 2.24) is 5.32 Å². The lowest BCUT2D eigenvalue weighted by molar-refractivity contribution is -0.131. The molecule has 0 bridgehead atoms. The summed E-state index contributed by atoms with van der Waals surface area (Å²) < 4.78 is 5.16. The maximum Gasteiger partial charge on any atom is 0.328 e. The van der Waals surface area contributed by atoms with E-state index in [1.807, 2.05) is 0 Å². The lowest BCUT2D eigenvalue weighted by atomic mass is 10.1. The van der Waals surface area contributed by atoms with Crippen molar-refractivity contribution < 1.29 is 19.4 Å². The number of carbonyl (C=O) groups is 2. The molecular weight excluding hydrogens is 270 g/mol. The standard InChI is InChI=1S/C16H19NO4/c1-3-10-9-13(10)17-16(20)12-4-6-14(21-2)11(8-12)5-7-15(18)19/h4-8,10,13H,3,9H2,1-2H3,(H,17,20)(H,18,19)/b7-5+. The van der Waals surface area contributed by atoms with Gasteiger partial charge in [0.25, 0.3) is 5.91 Å². The van der Waals surface area contributed by atoms with Crippen molar-refractivity contribution in [2.24, 2.45) is 5.92 Å². The molecule has 0 aliphatic heterocycles. The van der Waals surface area contributed by atoms with Crippen LogP contribution in [0.3, 0.4) is 0 Å². The summed E-state index contributed by atoms with van der Waals surface area (Å²) in [6.07, 6.45) is 4.54. The smallest absolute Gasteiger partial charge is 0.328 e. The minimum atomic E-state index is -1.05. The molecule has 1 aliphatic carbocycles. The molecule has 2 atom stereocenters. The number of ether oxygens (including phenoxy) is 1. The highest BCUT2D eigenvalue weighted by Gasteiger charge is 2.36. The first-order valence-electron chi connectivity index (χ1n) is 6.95. The molecule has 1 aromatic rings. The highest BCUT2D eigenvalue weighted by Crippen LogP contribution is 2.33. The summed E-state index contributed by atoms with van der Waals surface area (Å²) >= 11 is 0. The molecule has 1 saturated carbocycles. The minimum absolute atomic E-state index is 0.136. The Morgan fingerprint density at radius 1 is 1.48 bits per heavy atom. The molecule has 1 aliphatic rings. The summed E-state index contributed by atoms with van der Waals surface area (Å²) in [5, 5.41) is 11.7. The second-order valence-corrected chi connectivity index (χ2v) is 5.11. The van der Waals surface area contributed by atoms with Crippen molar-refractivity contribution in [2.45, 2.75) is 25.8 Å². The SMILES string of the molecule is CCC1CC1NC(=O)c1ccc(OC)c(/C=C/C(=O)O)c1. The Balaban J connectivity index is 2.14. The van der Waals surface area contributed by atoms with Gasteiger partial charge in [-0.05, 0) is 36.6 Å². The fourth-order valence-electron chi connectivity index (χ4n) is 2.29. The number of nitrogens with one attached hydrogen (secondary N) is 1. The average molecular weight is 289 g/mol. The molecule has 1 fully saturated rings. The maximum absolute atomic E-state index is 12.2. The third-order valence-electron chi connectivity index (χ3n) is 3.66. The first kappa shape index (κ1) is 15.1. The number of hydrogen-bond acceptors (Lipinski definition) is 3. The van der Waals surface area contributed by atoms with Gasteiger partial charge in [-0.15, -0.1) is 0 Å². The fraction of sp³-hybridized carbons (Fsp3) is 0.375. The summed E-state index contributed by atoms with van der Waals surface area (Å²) in [6, 6.07) is 5.25. The van der Waals surface area contributed by atoms with Gasteiger partial charge in [0.15, 0.2) is 0 Å². The maximum atomic E-state index is 12.2. The van der Waals surface area contributed by atoms with Gasteiger partial charge >= 0.3 is 5.97 Å². The number of carboxylic acids is 1. The summed E-state index contributed by atoms with van der Waals surface area (Å²) in [5.74, 6) is -0.0697. The molecule has 1 aromatic carbocycles. The van der Waals surface area contributed by atoms with Crippen LogP contribution in [0.2, 0.25) is 0 Å². The zero-order valence-electron chi connectivity index (χ0n) is 12.1. The van der Waals surface area contributed by atoms with Crippen LogP contribution in [0, 0.1) is 5.92 Å². The van der Waals surface area contributed by atoms with Gasteiger partial charge in [-0.2, -0.15) is 0 Å². The number of carboxylic acid groups (broad SMARTS) is 1. The number of rotatable bonds is 6. The fourth-order valence-corrected chi connectivity index (χ4v) is 2.29. The van der Waals surface area contributed by atoms with Crippen molar-refractivity contribution in [3.63, 3.8) is 0 Å². The van der Waals surface area contributed by atoms with Gasteiger partial charge in [-0.3, -0.25) is 4.79 Å². The molecule has 0 aromatic heterocycles. The van der Waals surface area contributed by atoms with E-state index < -0.39 is 5.97 Å². The second-order valence-electron chi connectivity index (χ2n) is 5.11. The van der Waals surface area contributed by atoms with Crippen LogP contribution in [0.15, 0.2) is 24.3 Å². The number of benzene rings is 1. The Bertz CT molecular complexity index is 580.